The van der Waals surface area contributed by atoms with E-state index in [2.05, 4.69) is 15.1 Å². The Morgan fingerprint density at radius 3 is 2.64 bits per heavy atom. The van der Waals surface area contributed by atoms with Crippen molar-refractivity contribution in [3.63, 3.8) is 0 Å². The highest BCUT2D eigenvalue weighted by Gasteiger charge is 2.24. The fourth-order valence-electron chi connectivity index (χ4n) is 2.56. The van der Waals surface area contributed by atoms with E-state index >= 15 is 0 Å². The van der Waals surface area contributed by atoms with Crippen LogP contribution in [-0.2, 0) is 6.54 Å². The standard InChI is InChI=1S/C15H16ClFN4O/c16-12-9-18-19-14(12)15(22)21-7-5-20(6-8-21)10-11-3-1-2-4-13(11)17/h1-4,9H,5-8,10H2,(H,18,19). The zero-order valence-electron chi connectivity index (χ0n) is 11.9. The number of piperazine rings is 1. The summed E-state index contributed by atoms with van der Waals surface area (Å²) in [7, 11) is 0. The van der Waals surface area contributed by atoms with Crippen LogP contribution in [0, 0.1) is 5.82 Å². The molecule has 0 bridgehead atoms. The second-order valence-electron chi connectivity index (χ2n) is 5.25. The lowest BCUT2D eigenvalue weighted by atomic mass is 10.2. The number of amides is 1. The third-order valence-electron chi connectivity index (χ3n) is 3.82. The summed E-state index contributed by atoms with van der Waals surface area (Å²) in [4.78, 5) is 16.2. The summed E-state index contributed by atoms with van der Waals surface area (Å²) < 4.78 is 13.7. The molecule has 1 fully saturated rings. The van der Waals surface area contributed by atoms with E-state index in [-0.39, 0.29) is 11.7 Å². The Hall–Kier alpha value is -1.92. The molecule has 22 heavy (non-hydrogen) atoms. The maximum Gasteiger partial charge on any atom is 0.273 e. The first kappa shape index (κ1) is 15.0. The number of aromatic amines is 1. The van der Waals surface area contributed by atoms with Crippen LogP contribution < -0.4 is 0 Å². The Bertz CT molecular complexity index is 667. The number of carbonyl (C=O) groups excluding carboxylic acids is 1. The van der Waals surface area contributed by atoms with Gasteiger partial charge in [0.1, 0.15) is 11.5 Å². The number of hydrogen-bond donors (Lipinski definition) is 1. The summed E-state index contributed by atoms with van der Waals surface area (Å²) in [5.74, 6) is -0.335. The van der Waals surface area contributed by atoms with Crippen molar-refractivity contribution in [2.75, 3.05) is 26.2 Å². The Morgan fingerprint density at radius 2 is 2.00 bits per heavy atom. The molecule has 0 radical (unpaired) electrons. The van der Waals surface area contributed by atoms with Crippen molar-refractivity contribution in [1.29, 1.82) is 0 Å². The molecule has 0 aliphatic carbocycles. The van der Waals surface area contributed by atoms with Crippen LogP contribution in [0.4, 0.5) is 4.39 Å². The maximum absolute atomic E-state index is 13.7. The predicted octanol–water partition coefficient (Wildman–Crippen LogP) is 2.16. The van der Waals surface area contributed by atoms with Gasteiger partial charge in [0.25, 0.3) is 5.91 Å². The van der Waals surface area contributed by atoms with Crippen LogP contribution in [-0.4, -0.2) is 52.1 Å². The minimum absolute atomic E-state index is 0.145. The van der Waals surface area contributed by atoms with Crippen molar-refractivity contribution in [2.45, 2.75) is 6.54 Å². The first-order valence-corrected chi connectivity index (χ1v) is 7.47. The third kappa shape index (κ3) is 3.13. The van der Waals surface area contributed by atoms with Crippen molar-refractivity contribution >= 4 is 17.5 Å². The number of benzene rings is 1. The molecule has 0 spiro atoms. The van der Waals surface area contributed by atoms with Crippen LogP contribution in [0.5, 0.6) is 0 Å². The van der Waals surface area contributed by atoms with Crippen molar-refractivity contribution in [1.82, 2.24) is 20.0 Å². The predicted molar refractivity (Wildman–Crippen MR) is 81.2 cm³/mol. The Morgan fingerprint density at radius 1 is 1.27 bits per heavy atom. The highest BCUT2D eigenvalue weighted by Crippen LogP contribution is 2.16. The number of nitrogens with zero attached hydrogens (tertiary/aromatic N) is 3. The van der Waals surface area contributed by atoms with Gasteiger partial charge in [0.15, 0.2) is 0 Å². The molecule has 0 unspecified atom stereocenters. The number of nitrogens with one attached hydrogen (secondary N) is 1. The van der Waals surface area contributed by atoms with Gasteiger partial charge in [-0.1, -0.05) is 29.8 Å². The molecule has 2 aromatic rings. The van der Waals surface area contributed by atoms with E-state index in [4.69, 9.17) is 11.6 Å². The number of aromatic nitrogens is 2. The van der Waals surface area contributed by atoms with Crippen molar-refractivity contribution in [3.05, 3.63) is 52.6 Å². The van der Waals surface area contributed by atoms with Gasteiger partial charge in [0.05, 0.1) is 11.2 Å². The molecule has 1 aliphatic heterocycles. The molecule has 0 atom stereocenters. The number of carbonyl (C=O) groups is 1. The van der Waals surface area contributed by atoms with Gasteiger partial charge in [-0.05, 0) is 6.07 Å². The van der Waals surface area contributed by atoms with Gasteiger partial charge in [-0.25, -0.2) is 4.39 Å². The van der Waals surface area contributed by atoms with E-state index in [1.54, 1.807) is 17.0 Å². The van der Waals surface area contributed by atoms with Crippen molar-refractivity contribution < 1.29 is 9.18 Å². The van der Waals surface area contributed by atoms with Gasteiger partial charge in [0.2, 0.25) is 0 Å². The Balaban J connectivity index is 1.58. The van der Waals surface area contributed by atoms with Gasteiger partial charge < -0.3 is 4.90 Å². The zero-order valence-corrected chi connectivity index (χ0v) is 12.7. The monoisotopic (exact) mass is 322 g/mol. The topological polar surface area (TPSA) is 52.2 Å². The normalized spacial score (nSPS) is 16.0. The summed E-state index contributed by atoms with van der Waals surface area (Å²) in [6.07, 6.45) is 1.42. The molecular weight excluding hydrogens is 307 g/mol. The van der Waals surface area contributed by atoms with Crippen LogP contribution in [0.1, 0.15) is 16.1 Å². The van der Waals surface area contributed by atoms with E-state index in [0.717, 1.165) is 0 Å². The number of halogens is 2. The lowest BCUT2D eigenvalue weighted by Gasteiger charge is -2.34. The second-order valence-corrected chi connectivity index (χ2v) is 5.66. The summed E-state index contributed by atoms with van der Waals surface area (Å²) >= 11 is 5.91. The average molecular weight is 323 g/mol. The Labute approximate surface area is 132 Å². The van der Waals surface area contributed by atoms with Crippen molar-refractivity contribution in [2.24, 2.45) is 0 Å². The van der Waals surface area contributed by atoms with Gasteiger partial charge in [-0.15, -0.1) is 0 Å². The third-order valence-corrected chi connectivity index (χ3v) is 4.10. The first-order chi connectivity index (χ1) is 10.6. The minimum Gasteiger partial charge on any atom is -0.335 e. The van der Waals surface area contributed by atoms with Gasteiger partial charge in [-0.3, -0.25) is 14.8 Å². The molecule has 1 aliphatic rings. The quantitative estimate of drug-likeness (QED) is 0.942. The summed E-state index contributed by atoms with van der Waals surface area (Å²) in [6.45, 7) is 3.13. The van der Waals surface area contributed by atoms with E-state index in [0.29, 0.717) is 49.0 Å². The smallest absolute Gasteiger partial charge is 0.273 e. The maximum atomic E-state index is 13.7. The van der Waals surface area contributed by atoms with Crippen molar-refractivity contribution in [3.8, 4) is 0 Å². The highest BCUT2D eigenvalue weighted by molar-refractivity contribution is 6.33. The molecule has 5 nitrogen and oxygen atoms in total. The highest BCUT2D eigenvalue weighted by atomic mass is 35.5. The molecule has 3 rings (SSSR count). The molecule has 116 valence electrons. The Kier molecular flexibility index (Phi) is 4.40. The van der Waals surface area contributed by atoms with Crippen LogP contribution in [0.2, 0.25) is 5.02 Å². The molecule has 1 amide bonds. The SMILES string of the molecule is O=C(c1[nH]ncc1Cl)N1CCN(Cc2ccccc2F)CC1. The van der Waals surface area contributed by atoms with Crippen LogP contribution in [0.3, 0.4) is 0 Å². The zero-order chi connectivity index (χ0) is 15.5. The lowest BCUT2D eigenvalue weighted by Crippen LogP contribution is -2.48. The number of rotatable bonds is 3. The number of hydrogen-bond acceptors (Lipinski definition) is 3. The molecule has 2 heterocycles. The van der Waals surface area contributed by atoms with Gasteiger partial charge >= 0.3 is 0 Å². The molecule has 7 heteroatoms. The fourth-order valence-corrected chi connectivity index (χ4v) is 2.73. The van der Waals surface area contributed by atoms with E-state index in [1.165, 1.54) is 12.3 Å². The fraction of sp³-hybridized carbons (Fsp3) is 0.333. The van der Waals surface area contributed by atoms with E-state index in [1.807, 2.05) is 6.07 Å². The van der Waals surface area contributed by atoms with Crippen LogP contribution >= 0.6 is 11.6 Å². The van der Waals surface area contributed by atoms with Crippen LogP contribution in [0.15, 0.2) is 30.5 Å². The summed E-state index contributed by atoms with van der Waals surface area (Å²) in [5.41, 5.74) is 1.00. The van der Waals surface area contributed by atoms with Gasteiger partial charge in [0, 0.05) is 38.3 Å². The molecule has 1 N–H and O–H groups in total. The summed E-state index contributed by atoms with van der Waals surface area (Å²) in [5, 5.41) is 6.72. The van der Waals surface area contributed by atoms with E-state index < -0.39 is 0 Å². The molecule has 1 saturated heterocycles. The van der Waals surface area contributed by atoms with Gasteiger partial charge in [-0.2, -0.15) is 5.10 Å². The summed E-state index contributed by atoms with van der Waals surface area (Å²) in [6, 6.07) is 6.77. The number of H-pyrrole nitrogens is 1. The average Bonchev–Trinajstić information content (AvgIpc) is 2.96. The largest absolute Gasteiger partial charge is 0.335 e. The lowest BCUT2D eigenvalue weighted by molar-refractivity contribution is 0.0621. The molecule has 1 aromatic heterocycles. The molecule has 0 saturated carbocycles. The van der Waals surface area contributed by atoms with E-state index in [9.17, 15) is 9.18 Å². The first-order valence-electron chi connectivity index (χ1n) is 7.09. The second kappa shape index (κ2) is 6.46. The van der Waals surface area contributed by atoms with Crippen LogP contribution in [0.25, 0.3) is 0 Å². The molecule has 1 aromatic carbocycles. The minimum atomic E-state index is -0.190. The molecular formula is C15H16ClFN4O.